The molecule has 0 saturated heterocycles. The molecule has 44 heavy (non-hydrogen) atoms. The first kappa shape index (κ1) is 29.6. The van der Waals surface area contributed by atoms with Gasteiger partial charge in [0.2, 0.25) is 5.69 Å². The van der Waals surface area contributed by atoms with E-state index in [0.717, 1.165) is 69.8 Å². The highest BCUT2D eigenvalue weighted by Gasteiger charge is 2.45. The molecular weight excluding hydrogens is 548 g/mol. The number of allylic oxidation sites excluding steroid dienone is 3. The summed E-state index contributed by atoms with van der Waals surface area (Å²) in [5.41, 5.74) is 3.72. The molecule has 0 fully saturated rings. The van der Waals surface area contributed by atoms with Crippen LogP contribution in [-0.2, 0) is 21.5 Å². The van der Waals surface area contributed by atoms with Gasteiger partial charge in [0.15, 0.2) is 18.0 Å². The molecule has 1 N–H and O–H groups in total. The average molecular weight is 589 g/mol. The van der Waals surface area contributed by atoms with Gasteiger partial charge in [0.25, 0.3) is 0 Å². The van der Waals surface area contributed by atoms with E-state index in [1.165, 1.54) is 6.42 Å². The van der Waals surface area contributed by atoms with Gasteiger partial charge in [-0.1, -0.05) is 87.4 Å². The predicted molar refractivity (Wildman–Crippen MR) is 174 cm³/mol. The summed E-state index contributed by atoms with van der Waals surface area (Å²) in [5.74, 6) is -0.924. The zero-order valence-corrected chi connectivity index (χ0v) is 26.0. The Kier molecular flexibility index (Phi) is 7.79. The lowest BCUT2D eigenvalue weighted by molar-refractivity contribution is -0.436. The maximum absolute atomic E-state index is 13.7. The summed E-state index contributed by atoms with van der Waals surface area (Å²) in [6, 6.07) is 20.4. The number of rotatable bonds is 11. The minimum absolute atomic E-state index is 0.0542. The van der Waals surface area contributed by atoms with Crippen molar-refractivity contribution >= 4 is 50.9 Å². The molecule has 0 saturated carbocycles. The lowest BCUT2D eigenvalue weighted by Gasteiger charge is -2.29. The number of carboxylic acid groups (broad SMARTS) is 1. The summed E-state index contributed by atoms with van der Waals surface area (Å²) in [4.78, 5) is 25.2. The lowest BCUT2D eigenvalue weighted by atomic mass is 9.78. The Balaban J connectivity index is 1.48. The van der Waals surface area contributed by atoms with E-state index in [0.29, 0.717) is 5.92 Å². The summed E-state index contributed by atoms with van der Waals surface area (Å²) < 4.78 is 4.26. The van der Waals surface area contributed by atoms with Crippen molar-refractivity contribution in [2.24, 2.45) is 5.92 Å². The number of nitrogens with zero attached hydrogens (tertiary/aromatic N) is 2. The number of Topliss-reactive ketones (excluding diaryl/α,β-unsaturated/α-hetero) is 1. The van der Waals surface area contributed by atoms with Crippen LogP contribution in [0.5, 0.6) is 0 Å². The minimum Gasteiger partial charge on any atom is -0.871 e. The van der Waals surface area contributed by atoms with Crippen LogP contribution in [0.4, 0.5) is 5.69 Å². The van der Waals surface area contributed by atoms with Gasteiger partial charge in [0, 0.05) is 57.0 Å². The molecule has 0 bridgehead atoms. The molecule has 1 unspecified atom stereocenters. The molecule has 6 heteroatoms. The molecule has 6 rings (SSSR count). The smallest absolute Gasteiger partial charge is 0.309 e. The summed E-state index contributed by atoms with van der Waals surface area (Å²) in [6.45, 7) is 9.64. The summed E-state index contributed by atoms with van der Waals surface area (Å²) >= 11 is 0. The zero-order chi connectivity index (χ0) is 31.2. The minimum atomic E-state index is -0.894. The number of fused-ring (bicyclic) bond motifs is 1. The first-order valence-electron chi connectivity index (χ1n) is 15.8. The molecule has 1 aromatic heterocycles. The first-order chi connectivity index (χ1) is 21.2. The van der Waals surface area contributed by atoms with Crippen molar-refractivity contribution < 1.29 is 24.4 Å². The Hall–Kier alpha value is -4.45. The number of carbonyl (C=O) groups is 2. The molecular formula is C38H40N2O4. The van der Waals surface area contributed by atoms with Crippen molar-refractivity contribution in [1.82, 2.24) is 4.57 Å². The van der Waals surface area contributed by atoms with Crippen LogP contribution in [0.3, 0.4) is 0 Å². The maximum atomic E-state index is 13.7. The molecule has 0 spiro atoms. The van der Waals surface area contributed by atoms with Crippen molar-refractivity contribution in [2.75, 3.05) is 6.54 Å². The monoisotopic (exact) mass is 588 g/mol. The summed E-state index contributed by atoms with van der Waals surface area (Å²) in [7, 11) is 0. The Morgan fingerprint density at radius 1 is 1.05 bits per heavy atom. The molecule has 3 aromatic carbocycles. The zero-order valence-electron chi connectivity index (χ0n) is 26.0. The van der Waals surface area contributed by atoms with E-state index in [2.05, 4.69) is 62.6 Å². The highest BCUT2D eigenvalue weighted by Crippen LogP contribution is 2.41. The molecule has 4 aromatic rings. The second-order valence-corrected chi connectivity index (χ2v) is 12.7. The van der Waals surface area contributed by atoms with E-state index in [-0.39, 0.29) is 35.7 Å². The van der Waals surface area contributed by atoms with Gasteiger partial charge < -0.3 is 14.8 Å². The number of benzene rings is 3. The Bertz CT molecular complexity index is 1950. The molecule has 2 heterocycles. The van der Waals surface area contributed by atoms with Gasteiger partial charge in [0.05, 0.1) is 5.41 Å². The molecule has 0 amide bonds. The number of carboxylic acids is 1. The van der Waals surface area contributed by atoms with Crippen LogP contribution >= 0.6 is 0 Å². The number of carbonyl (C=O) groups excluding carboxylic acids is 1. The number of hydrogen-bond acceptors (Lipinski definition) is 3. The van der Waals surface area contributed by atoms with Crippen molar-refractivity contribution in [1.29, 1.82) is 0 Å². The number of hydrogen-bond donors (Lipinski definition) is 1. The standard InChI is InChI=1S/C38H40N2O4/c1-5-7-12-24(6-2)23-40-31-18-11-14-25-13-10-15-26(35(25)31)32(40)21-27-36(43)28(37(27)44)22-33-38(3,4)29-16-8-9-17-30(29)39(33)20-19-34(41)42/h8-11,13-18,21-22,24H,5-7,12,19-20,23H2,1-4H3,(H-,41,42,43,44). The molecule has 1 aliphatic heterocycles. The predicted octanol–water partition coefficient (Wildman–Crippen LogP) is 6.18. The van der Waals surface area contributed by atoms with Crippen LogP contribution in [0.15, 0.2) is 83.6 Å². The Morgan fingerprint density at radius 2 is 1.80 bits per heavy atom. The van der Waals surface area contributed by atoms with Crippen molar-refractivity contribution in [3.05, 3.63) is 94.6 Å². The normalized spacial score (nSPS) is 18.1. The van der Waals surface area contributed by atoms with E-state index < -0.39 is 11.4 Å². The van der Waals surface area contributed by atoms with Crippen molar-refractivity contribution in [3.63, 3.8) is 0 Å². The van der Waals surface area contributed by atoms with Gasteiger partial charge in [-0.15, -0.1) is 0 Å². The highest BCUT2D eigenvalue weighted by molar-refractivity contribution is 6.26. The maximum Gasteiger partial charge on any atom is 0.309 e. The quantitative estimate of drug-likeness (QED) is 0.167. The van der Waals surface area contributed by atoms with Crippen molar-refractivity contribution in [3.8, 4) is 0 Å². The third kappa shape index (κ3) is 4.86. The van der Waals surface area contributed by atoms with Gasteiger partial charge in [-0.3, -0.25) is 9.59 Å². The van der Waals surface area contributed by atoms with Crippen LogP contribution in [-0.4, -0.2) is 38.3 Å². The third-order valence-electron chi connectivity index (χ3n) is 9.61. The average Bonchev–Trinajstić information content (AvgIpc) is 3.43. The van der Waals surface area contributed by atoms with E-state index in [4.69, 9.17) is 0 Å². The van der Waals surface area contributed by atoms with E-state index in [9.17, 15) is 19.8 Å². The molecule has 226 valence electrons. The van der Waals surface area contributed by atoms with Crippen LogP contribution in [0.1, 0.15) is 65.4 Å². The highest BCUT2D eigenvalue weighted by atomic mass is 16.4. The van der Waals surface area contributed by atoms with Gasteiger partial charge in [-0.2, -0.15) is 4.58 Å². The topological polar surface area (TPSA) is 85.4 Å². The van der Waals surface area contributed by atoms with Gasteiger partial charge in [-0.05, 0) is 43.7 Å². The fourth-order valence-electron chi connectivity index (χ4n) is 7.08. The molecule has 1 atom stereocenters. The second-order valence-electron chi connectivity index (χ2n) is 12.7. The largest absolute Gasteiger partial charge is 0.871 e. The SMILES string of the molecule is CCCCC(CC)Cn1/c(=C\C2=C([O-])C(=C\C3=[N+](CCC(=O)O)c4ccccc4C3(C)C)/C2=O)c2cccc3cccc1c32. The van der Waals surface area contributed by atoms with Crippen LogP contribution in [0.25, 0.3) is 27.8 Å². The number of aromatic nitrogens is 1. The van der Waals surface area contributed by atoms with Gasteiger partial charge in [-0.25, -0.2) is 0 Å². The Morgan fingerprint density at radius 3 is 2.50 bits per heavy atom. The van der Waals surface area contributed by atoms with Crippen LogP contribution < -0.4 is 10.5 Å². The second kappa shape index (κ2) is 11.6. The lowest BCUT2D eigenvalue weighted by Crippen LogP contribution is -2.35. The number of ketones is 1. The fraction of sp³-hybridized carbons (Fsp3) is 0.342. The number of aliphatic carboxylic acids is 1. The number of unbranched alkanes of at least 4 members (excludes halogenated alkanes) is 1. The van der Waals surface area contributed by atoms with E-state index in [1.807, 2.05) is 41.0 Å². The number of para-hydroxylation sites is 1. The van der Waals surface area contributed by atoms with Crippen LogP contribution in [0.2, 0.25) is 0 Å². The fourth-order valence-corrected chi connectivity index (χ4v) is 7.08. The Labute approximate surface area is 258 Å². The van der Waals surface area contributed by atoms with Gasteiger partial charge >= 0.3 is 5.97 Å². The van der Waals surface area contributed by atoms with E-state index in [1.54, 1.807) is 6.08 Å². The van der Waals surface area contributed by atoms with Gasteiger partial charge in [0.1, 0.15) is 6.42 Å². The third-order valence-corrected chi connectivity index (χ3v) is 9.61. The summed E-state index contributed by atoms with van der Waals surface area (Å²) in [6.07, 6.45) is 7.99. The van der Waals surface area contributed by atoms with E-state index >= 15 is 0 Å². The molecule has 2 aliphatic rings. The molecule has 0 radical (unpaired) electrons. The van der Waals surface area contributed by atoms with Crippen molar-refractivity contribution in [2.45, 2.75) is 71.8 Å². The molecule has 1 aliphatic carbocycles. The molecule has 6 nitrogen and oxygen atoms in total. The van der Waals surface area contributed by atoms with Crippen LogP contribution in [0, 0.1) is 5.92 Å². The summed E-state index contributed by atoms with van der Waals surface area (Å²) in [5, 5.41) is 27.4. The first-order valence-corrected chi connectivity index (χ1v) is 15.8.